The molecule has 1 fully saturated rings. The molecule has 1 aliphatic heterocycles. The minimum absolute atomic E-state index is 0.109. The van der Waals surface area contributed by atoms with E-state index in [-0.39, 0.29) is 5.82 Å². The van der Waals surface area contributed by atoms with Crippen molar-refractivity contribution < 1.29 is 4.39 Å². The average Bonchev–Trinajstić information content (AvgIpc) is 2.34. The third kappa shape index (κ3) is 2.73. The van der Waals surface area contributed by atoms with E-state index in [1.165, 1.54) is 18.4 Å². The second kappa shape index (κ2) is 5.81. The molecule has 2 atom stereocenters. The Kier molecular flexibility index (Phi) is 4.36. The Morgan fingerprint density at radius 3 is 2.89 bits per heavy atom. The zero-order chi connectivity index (χ0) is 13.1. The summed E-state index contributed by atoms with van der Waals surface area (Å²) in [5.41, 5.74) is 1.99. The first-order valence-electron chi connectivity index (χ1n) is 6.74. The van der Waals surface area contributed by atoms with E-state index in [0.717, 1.165) is 18.7 Å². The lowest BCUT2D eigenvalue weighted by Crippen LogP contribution is -2.39. The quantitative estimate of drug-likeness (QED) is 0.887. The van der Waals surface area contributed by atoms with Gasteiger partial charge in [-0.2, -0.15) is 0 Å². The minimum atomic E-state index is -0.109. The predicted molar refractivity (Wildman–Crippen MR) is 73.2 cm³/mol. The van der Waals surface area contributed by atoms with Gasteiger partial charge < -0.3 is 5.32 Å². The predicted octanol–water partition coefficient (Wildman–Crippen LogP) is 2.74. The van der Waals surface area contributed by atoms with Crippen molar-refractivity contribution in [1.82, 2.24) is 10.2 Å². The largest absolute Gasteiger partial charge is 0.319 e. The van der Waals surface area contributed by atoms with Crippen LogP contribution in [0.1, 0.15) is 30.0 Å². The highest BCUT2D eigenvalue weighted by molar-refractivity contribution is 5.27. The average molecular weight is 250 g/mol. The van der Waals surface area contributed by atoms with Gasteiger partial charge >= 0.3 is 0 Å². The number of likely N-dealkylation sites (tertiary alicyclic amines) is 1. The van der Waals surface area contributed by atoms with Crippen LogP contribution in [-0.2, 0) is 0 Å². The first-order chi connectivity index (χ1) is 8.63. The van der Waals surface area contributed by atoms with Crippen molar-refractivity contribution in [3.8, 4) is 0 Å². The molecule has 0 saturated carbocycles. The standard InChI is InChI=1S/C15H23FN2/c1-11-9-12(6-7-14(11)16)15-13(10-17-2)5-4-8-18(15)3/h6-7,9,13,15,17H,4-5,8,10H2,1-3H3. The van der Waals surface area contributed by atoms with Gasteiger partial charge in [0.1, 0.15) is 5.82 Å². The monoisotopic (exact) mass is 250 g/mol. The second-order valence-electron chi connectivity index (χ2n) is 5.39. The molecular formula is C15H23FN2. The molecule has 0 spiro atoms. The van der Waals surface area contributed by atoms with Crippen molar-refractivity contribution in [2.75, 3.05) is 27.2 Å². The molecule has 18 heavy (non-hydrogen) atoms. The molecule has 2 nitrogen and oxygen atoms in total. The number of hydrogen-bond acceptors (Lipinski definition) is 2. The zero-order valence-electron chi connectivity index (χ0n) is 11.5. The Balaban J connectivity index is 2.28. The maximum atomic E-state index is 13.4. The van der Waals surface area contributed by atoms with Gasteiger partial charge in [0.05, 0.1) is 0 Å². The van der Waals surface area contributed by atoms with Crippen molar-refractivity contribution >= 4 is 0 Å². The van der Waals surface area contributed by atoms with E-state index in [2.05, 4.69) is 17.3 Å². The SMILES string of the molecule is CNCC1CCCN(C)C1c1ccc(F)c(C)c1. The summed E-state index contributed by atoms with van der Waals surface area (Å²) in [6.45, 7) is 3.99. The number of nitrogens with zero attached hydrogens (tertiary/aromatic N) is 1. The number of benzene rings is 1. The topological polar surface area (TPSA) is 15.3 Å². The van der Waals surface area contributed by atoms with Crippen LogP contribution in [0.2, 0.25) is 0 Å². The van der Waals surface area contributed by atoms with Crippen LogP contribution in [0.3, 0.4) is 0 Å². The first-order valence-corrected chi connectivity index (χ1v) is 6.74. The highest BCUT2D eigenvalue weighted by Gasteiger charge is 2.30. The van der Waals surface area contributed by atoms with Gasteiger partial charge in [-0.05, 0) is 70.1 Å². The Hall–Kier alpha value is -0.930. The number of hydrogen-bond donors (Lipinski definition) is 1. The number of nitrogens with one attached hydrogen (secondary N) is 1. The fourth-order valence-electron chi connectivity index (χ4n) is 3.11. The van der Waals surface area contributed by atoms with Gasteiger partial charge in [0.25, 0.3) is 0 Å². The Morgan fingerprint density at radius 1 is 1.44 bits per heavy atom. The van der Waals surface area contributed by atoms with E-state index in [4.69, 9.17) is 0 Å². The molecule has 0 aliphatic carbocycles. The molecule has 100 valence electrons. The molecule has 3 heteroatoms. The molecule has 0 bridgehead atoms. The Bertz CT molecular complexity index is 403. The lowest BCUT2D eigenvalue weighted by molar-refractivity contribution is 0.121. The number of halogens is 1. The lowest BCUT2D eigenvalue weighted by atomic mass is 9.84. The molecule has 0 amide bonds. The molecule has 1 N–H and O–H groups in total. The van der Waals surface area contributed by atoms with Crippen LogP contribution < -0.4 is 5.32 Å². The van der Waals surface area contributed by atoms with Crippen molar-refractivity contribution in [1.29, 1.82) is 0 Å². The van der Waals surface area contributed by atoms with Gasteiger partial charge in [0.2, 0.25) is 0 Å². The summed E-state index contributed by atoms with van der Waals surface area (Å²) in [5.74, 6) is 0.501. The summed E-state index contributed by atoms with van der Waals surface area (Å²) in [7, 11) is 4.17. The van der Waals surface area contributed by atoms with Crippen LogP contribution in [0.25, 0.3) is 0 Å². The van der Waals surface area contributed by atoms with E-state index in [1.54, 1.807) is 6.07 Å². The maximum Gasteiger partial charge on any atom is 0.126 e. The fourth-order valence-corrected chi connectivity index (χ4v) is 3.11. The molecule has 2 rings (SSSR count). The van der Waals surface area contributed by atoms with E-state index in [9.17, 15) is 4.39 Å². The normalized spacial score (nSPS) is 25.3. The van der Waals surface area contributed by atoms with Crippen LogP contribution in [0.4, 0.5) is 4.39 Å². The van der Waals surface area contributed by atoms with Crippen molar-refractivity contribution in [3.05, 3.63) is 35.1 Å². The molecule has 0 aromatic heterocycles. The summed E-state index contributed by atoms with van der Waals surface area (Å²) in [4.78, 5) is 2.40. The number of aryl methyl sites for hydroxylation is 1. The van der Waals surface area contributed by atoms with Crippen LogP contribution in [-0.4, -0.2) is 32.1 Å². The van der Waals surface area contributed by atoms with Crippen molar-refractivity contribution in [2.45, 2.75) is 25.8 Å². The van der Waals surface area contributed by atoms with Gasteiger partial charge in [-0.3, -0.25) is 4.90 Å². The molecule has 1 aromatic rings. The van der Waals surface area contributed by atoms with Gasteiger partial charge in [0.15, 0.2) is 0 Å². The zero-order valence-corrected chi connectivity index (χ0v) is 11.5. The number of piperidine rings is 1. The van der Waals surface area contributed by atoms with E-state index < -0.39 is 0 Å². The minimum Gasteiger partial charge on any atom is -0.319 e. The Morgan fingerprint density at radius 2 is 2.22 bits per heavy atom. The molecule has 1 heterocycles. The third-order valence-corrected chi connectivity index (χ3v) is 4.00. The molecule has 0 radical (unpaired) electrons. The van der Waals surface area contributed by atoms with Crippen LogP contribution >= 0.6 is 0 Å². The molecule has 1 aliphatic rings. The molecule has 2 unspecified atom stereocenters. The number of rotatable bonds is 3. The van der Waals surface area contributed by atoms with Crippen molar-refractivity contribution in [3.63, 3.8) is 0 Å². The van der Waals surface area contributed by atoms with E-state index >= 15 is 0 Å². The van der Waals surface area contributed by atoms with Gasteiger partial charge in [-0.1, -0.05) is 12.1 Å². The fraction of sp³-hybridized carbons (Fsp3) is 0.600. The molecule has 1 saturated heterocycles. The second-order valence-corrected chi connectivity index (χ2v) is 5.39. The summed E-state index contributed by atoms with van der Waals surface area (Å²) in [6, 6.07) is 5.96. The highest BCUT2D eigenvalue weighted by atomic mass is 19.1. The van der Waals surface area contributed by atoms with Crippen LogP contribution in [0.5, 0.6) is 0 Å². The Labute approximate surface area is 109 Å². The van der Waals surface area contributed by atoms with Crippen molar-refractivity contribution in [2.24, 2.45) is 5.92 Å². The van der Waals surface area contributed by atoms with Gasteiger partial charge in [-0.25, -0.2) is 4.39 Å². The molecular weight excluding hydrogens is 227 g/mol. The van der Waals surface area contributed by atoms with Crippen LogP contribution in [0, 0.1) is 18.7 Å². The summed E-state index contributed by atoms with van der Waals surface area (Å²) in [5, 5.41) is 3.28. The van der Waals surface area contributed by atoms with Crippen LogP contribution in [0.15, 0.2) is 18.2 Å². The van der Waals surface area contributed by atoms with E-state index in [0.29, 0.717) is 12.0 Å². The third-order valence-electron chi connectivity index (χ3n) is 4.00. The maximum absolute atomic E-state index is 13.4. The van der Waals surface area contributed by atoms with Gasteiger partial charge in [-0.15, -0.1) is 0 Å². The first kappa shape index (κ1) is 13.5. The molecule has 1 aromatic carbocycles. The highest BCUT2D eigenvalue weighted by Crippen LogP contribution is 2.35. The lowest BCUT2D eigenvalue weighted by Gasteiger charge is -2.39. The van der Waals surface area contributed by atoms with E-state index in [1.807, 2.05) is 26.1 Å². The summed E-state index contributed by atoms with van der Waals surface area (Å²) < 4.78 is 13.4. The van der Waals surface area contributed by atoms with Gasteiger partial charge in [0, 0.05) is 6.04 Å². The summed E-state index contributed by atoms with van der Waals surface area (Å²) >= 11 is 0. The smallest absolute Gasteiger partial charge is 0.126 e. The summed E-state index contributed by atoms with van der Waals surface area (Å²) in [6.07, 6.45) is 2.49.